The van der Waals surface area contributed by atoms with E-state index in [1.54, 1.807) is 6.92 Å². The van der Waals surface area contributed by atoms with E-state index in [1.165, 1.54) is 19.3 Å². The first-order valence-electron chi connectivity index (χ1n) is 6.29. The van der Waals surface area contributed by atoms with Crippen molar-refractivity contribution in [2.75, 3.05) is 6.61 Å². The van der Waals surface area contributed by atoms with Gasteiger partial charge in [0.25, 0.3) is 0 Å². The molecule has 0 aromatic heterocycles. The normalized spacial score (nSPS) is 7.29. The topological polar surface area (TPSA) is 20.2 Å². The Balaban J connectivity index is -0.0000000603. The van der Waals surface area contributed by atoms with Gasteiger partial charge in [-0.3, -0.25) is 0 Å². The van der Waals surface area contributed by atoms with Crippen molar-refractivity contribution in [2.24, 2.45) is 5.92 Å². The van der Waals surface area contributed by atoms with Crippen molar-refractivity contribution >= 4 is 0 Å². The van der Waals surface area contributed by atoms with E-state index in [1.807, 2.05) is 27.7 Å². The van der Waals surface area contributed by atoms with Crippen molar-refractivity contribution < 1.29 is 5.11 Å². The van der Waals surface area contributed by atoms with Gasteiger partial charge in [0, 0.05) is 6.61 Å². The summed E-state index contributed by atoms with van der Waals surface area (Å²) < 4.78 is 0. The molecule has 0 aliphatic carbocycles. The summed E-state index contributed by atoms with van der Waals surface area (Å²) >= 11 is 0. The highest BCUT2D eigenvalue weighted by molar-refractivity contribution is 4.42. The van der Waals surface area contributed by atoms with Crippen molar-refractivity contribution in [3.63, 3.8) is 0 Å². The van der Waals surface area contributed by atoms with Crippen LogP contribution in [0.4, 0.5) is 0 Å². The molecule has 1 nitrogen and oxygen atoms in total. The number of aliphatic hydroxyl groups excluding tert-OH is 1. The lowest BCUT2D eigenvalue weighted by Crippen LogP contribution is -1.83. The fourth-order valence-electron chi connectivity index (χ4n) is 0.612. The molecule has 0 unspecified atom stereocenters. The Hall–Kier alpha value is -0.0400. The van der Waals surface area contributed by atoms with Crippen LogP contribution in [0.2, 0.25) is 0 Å². The molecule has 0 heterocycles. The van der Waals surface area contributed by atoms with E-state index < -0.39 is 0 Å². The van der Waals surface area contributed by atoms with Crippen LogP contribution in [-0.2, 0) is 0 Å². The number of rotatable bonds is 3. The van der Waals surface area contributed by atoms with E-state index in [0.29, 0.717) is 0 Å². The lowest BCUT2D eigenvalue weighted by molar-refractivity contribution is 0.318. The Morgan fingerprint density at radius 2 is 1.21 bits per heavy atom. The summed E-state index contributed by atoms with van der Waals surface area (Å²) in [6, 6.07) is 0. The quantitative estimate of drug-likeness (QED) is 0.697. The second kappa shape index (κ2) is 38.3. The fraction of sp³-hybridized carbons (Fsp3) is 1.00. The van der Waals surface area contributed by atoms with Crippen molar-refractivity contribution in [3.05, 3.63) is 0 Å². The lowest BCUT2D eigenvalue weighted by Gasteiger charge is -1.98. The van der Waals surface area contributed by atoms with Gasteiger partial charge in [0.2, 0.25) is 0 Å². The minimum Gasteiger partial charge on any atom is -0.397 e. The summed E-state index contributed by atoms with van der Waals surface area (Å²) in [6.45, 7) is 16.7. The molecule has 0 bridgehead atoms. The van der Waals surface area contributed by atoms with E-state index in [-0.39, 0.29) is 6.61 Å². The molecule has 0 fully saturated rings. The first-order valence-corrected chi connectivity index (χ1v) is 6.29. The van der Waals surface area contributed by atoms with Crippen molar-refractivity contribution in [3.8, 4) is 0 Å². The smallest absolute Gasteiger partial charge is 0.0402 e. The van der Waals surface area contributed by atoms with Gasteiger partial charge in [-0.1, -0.05) is 67.7 Å². The van der Waals surface area contributed by atoms with Crippen LogP contribution in [-0.4, -0.2) is 11.7 Å². The zero-order valence-corrected chi connectivity index (χ0v) is 11.9. The first kappa shape index (κ1) is 23.6. The molecule has 0 aromatic rings. The summed E-state index contributed by atoms with van der Waals surface area (Å²) in [6.07, 6.45) is 4.15. The van der Waals surface area contributed by atoms with Crippen molar-refractivity contribution in [1.82, 2.24) is 0 Å². The van der Waals surface area contributed by atoms with Crippen LogP contribution in [0.25, 0.3) is 0 Å². The molecule has 0 atom stereocenters. The minimum absolute atomic E-state index is 0.250. The Labute approximate surface area is 92.9 Å². The molecule has 14 heavy (non-hydrogen) atoms. The van der Waals surface area contributed by atoms with E-state index in [4.69, 9.17) is 5.11 Å². The number of unbranched alkanes of at least 4 members (excludes halogenated alkanes) is 1. The predicted octanol–water partition coefficient (Wildman–Crippen LogP) is 4.88. The predicted molar refractivity (Wildman–Crippen MR) is 69.8 cm³/mol. The van der Waals surface area contributed by atoms with Crippen LogP contribution in [0.15, 0.2) is 0 Å². The third kappa shape index (κ3) is 91.6. The second-order valence-corrected chi connectivity index (χ2v) is 2.85. The second-order valence-electron chi connectivity index (χ2n) is 2.85. The Bertz CT molecular complexity index is 42.5. The minimum atomic E-state index is 0.250. The molecule has 1 N–H and O–H groups in total. The SMILES string of the molecule is CC.CC.CCCCC(C)C.CCO. The summed E-state index contributed by atoms with van der Waals surface area (Å²) in [5.41, 5.74) is 0. The number of hydrogen-bond donors (Lipinski definition) is 1. The maximum absolute atomic E-state index is 7.57. The molecule has 0 radical (unpaired) electrons. The highest BCUT2D eigenvalue weighted by atomic mass is 16.2. The summed E-state index contributed by atoms with van der Waals surface area (Å²) in [4.78, 5) is 0. The molecule has 0 aliphatic rings. The molecule has 92 valence electrons. The average molecular weight is 206 g/mol. The van der Waals surface area contributed by atoms with Gasteiger partial charge in [-0.05, 0) is 12.8 Å². The van der Waals surface area contributed by atoms with E-state index in [2.05, 4.69) is 20.8 Å². The molecule has 0 saturated carbocycles. The van der Waals surface area contributed by atoms with Gasteiger partial charge >= 0.3 is 0 Å². The van der Waals surface area contributed by atoms with Gasteiger partial charge in [-0.15, -0.1) is 0 Å². The van der Waals surface area contributed by atoms with Crippen LogP contribution in [0.5, 0.6) is 0 Å². The van der Waals surface area contributed by atoms with Gasteiger partial charge in [0.1, 0.15) is 0 Å². The lowest BCUT2D eigenvalue weighted by atomic mass is 10.1. The Kier molecular flexibility index (Phi) is 64.6. The highest BCUT2D eigenvalue weighted by Gasteiger charge is 1.88. The average Bonchev–Trinajstić information content (AvgIpc) is 2.22. The third-order valence-electron chi connectivity index (χ3n) is 1.14. The molecule has 1 heteroatoms. The van der Waals surface area contributed by atoms with Crippen LogP contribution in [0, 0.1) is 5.92 Å². The molecule has 0 spiro atoms. The molecule has 0 aromatic carbocycles. The van der Waals surface area contributed by atoms with Gasteiger partial charge < -0.3 is 5.11 Å². The molecule has 0 amide bonds. The third-order valence-corrected chi connectivity index (χ3v) is 1.14. The van der Waals surface area contributed by atoms with Gasteiger partial charge in [0.15, 0.2) is 0 Å². The molecule has 0 rings (SSSR count). The molecule has 0 saturated heterocycles. The summed E-state index contributed by atoms with van der Waals surface area (Å²) in [5, 5.41) is 7.57. The Morgan fingerprint density at radius 3 is 1.29 bits per heavy atom. The van der Waals surface area contributed by atoms with Crippen LogP contribution < -0.4 is 0 Å². The van der Waals surface area contributed by atoms with Crippen molar-refractivity contribution in [2.45, 2.75) is 74.7 Å². The first-order chi connectivity index (χ1) is 6.68. The van der Waals surface area contributed by atoms with E-state index in [9.17, 15) is 0 Å². The monoisotopic (exact) mass is 206 g/mol. The number of hydrogen-bond acceptors (Lipinski definition) is 1. The van der Waals surface area contributed by atoms with Crippen LogP contribution in [0.1, 0.15) is 74.7 Å². The van der Waals surface area contributed by atoms with E-state index in [0.717, 1.165) is 5.92 Å². The zero-order valence-electron chi connectivity index (χ0n) is 11.9. The molecular weight excluding hydrogens is 172 g/mol. The maximum atomic E-state index is 7.57. The van der Waals surface area contributed by atoms with Crippen LogP contribution >= 0.6 is 0 Å². The fourth-order valence-corrected chi connectivity index (χ4v) is 0.612. The van der Waals surface area contributed by atoms with Gasteiger partial charge in [-0.25, -0.2) is 0 Å². The summed E-state index contributed by atoms with van der Waals surface area (Å²) in [7, 11) is 0. The van der Waals surface area contributed by atoms with Gasteiger partial charge in [-0.2, -0.15) is 0 Å². The van der Waals surface area contributed by atoms with Crippen LogP contribution in [0.3, 0.4) is 0 Å². The summed E-state index contributed by atoms with van der Waals surface area (Å²) in [5.74, 6) is 0.903. The highest BCUT2D eigenvalue weighted by Crippen LogP contribution is 2.04. The number of aliphatic hydroxyl groups is 1. The van der Waals surface area contributed by atoms with E-state index >= 15 is 0 Å². The van der Waals surface area contributed by atoms with Gasteiger partial charge in [0.05, 0.1) is 0 Å². The maximum Gasteiger partial charge on any atom is 0.0402 e. The van der Waals surface area contributed by atoms with Crippen molar-refractivity contribution in [1.29, 1.82) is 0 Å². The Morgan fingerprint density at radius 1 is 0.929 bits per heavy atom. The standard InChI is InChI=1S/C7H16.C2H6O.2C2H6/c1-4-5-6-7(2)3;1-2-3;2*1-2/h7H,4-6H2,1-3H3;3H,2H2,1H3;2*1-2H3. The zero-order chi connectivity index (χ0) is 12.4. The largest absolute Gasteiger partial charge is 0.397 e. The molecular formula is C13H34O. The molecule has 0 aliphatic heterocycles.